The normalized spacial score (nSPS) is 23.4. The molecular formula is C23H32N2O6. The van der Waals surface area contributed by atoms with E-state index in [0.717, 1.165) is 5.56 Å². The highest BCUT2D eigenvalue weighted by atomic mass is 16.7. The van der Waals surface area contributed by atoms with E-state index in [1.54, 1.807) is 48.7 Å². The van der Waals surface area contributed by atoms with Crippen molar-refractivity contribution in [2.24, 2.45) is 5.16 Å². The van der Waals surface area contributed by atoms with Crippen molar-refractivity contribution in [1.29, 1.82) is 0 Å². The van der Waals surface area contributed by atoms with Crippen molar-refractivity contribution in [3.63, 3.8) is 0 Å². The third-order valence-corrected chi connectivity index (χ3v) is 4.96. The highest BCUT2D eigenvalue weighted by Crippen LogP contribution is 2.41. The van der Waals surface area contributed by atoms with Gasteiger partial charge in [-0.25, -0.2) is 9.59 Å². The van der Waals surface area contributed by atoms with E-state index in [9.17, 15) is 9.59 Å². The Balaban J connectivity index is 1.84. The number of nitrogens with zero attached hydrogens (tertiary/aromatic N) is 2. The van der Waals surface area contributed by atoms with Gasteiger partial charge in [0, 0.05) is 18.4 Å². The number of oxime groups is 1. The topological polar surface area (TPSA) is 86.7 Å². The number of ether oxygens (including phenoxy) is 3. The molecule has 2 aliphatic heterocycles. The van der Waals surface area contributed by atoms with E-state index < -0.39 is 34.9 Å². The van der Waals surface area contributed by atoms with Crippen LogP contribution in [0, 0.1) is 0 Å². The Morgan fingerprint density at radius 2 is 1.74 bits per heavy atom. The number of carbonyl (C=O) groups is 2. The van der Waals surface area contributed by atoms with Crippen LogP contribution in [0.5, 0.6) is 5.75 Å². The zero-order valence-corrected chi connectivity index (χ0v) is 19.4. The lowest BCUT2D eigenvalue weighted by Crippen LogP contribution is -2.46. The van der Waals surface area contributed by atoms with E-state index in [4.69, 9.17) is 19.0 Å². The molecule has 0 saturated carbocycles. The van der Waals surface area contributed by atoms with Crippen molar-refractivity contribution in [2.75, 3.05) is 13.7 Å². The predicted molar refractivity (Wildman–Crippen MR) is 115 cm³/mol. The molecule has 31 heavy (non-hydrogen) atoms. The summed E-state index contributed by atoms with van der Waals surface area (Å²) in [5.74, 6) is 0.206. The minimum Gasteiger partial charge on any atom is -0.496 e. The van der Waals surface area contributed by atoms with Gasteiger partial charge in [-0.3, -0.25) is 4.90 Å². The second-order valence-electron chi connectivity index (χ2n) is 10.1. The van der Waals surface area contributed by atoms with Crippen molar-refractivity contribution in [3.8, 4) is 5.75 Å². The van der Waals surface area contributed by atoms with Gasteiger partial charge in [-0.15, -0.1) is 0 Å². The lowest BCUT2D eigenvalue weighted by atomic mass is 9.91. The van der Waals surface area contributed by atoms with E-state index in [0.29, 0.717) is 17.9 Å². The van der Waals surface area contributed by atoms with Crippen molar-refractivity contribution >= 4 is 17.8 Å². The van der Waals surface area contributed by atoms with Gasteiger partial charge in [0.25, 0.3) is 0 Å². The Hall–Kier alpha value is -2.77. The zero-order valence-electron chi connectivity index (χ0n) is 19.4. The predicted octanol–water partition coefficient (Wildman–Crippen LogP) is 3.91. The molecule has 0 radical (unpaired) electrons. The van der Waals surface area contributed by atoms with Crippen LogP contribution in [0.2, 0.25) is 0 Å². The quantitative estimate of drug-likeness (QED) is 0.673. The molecule has 0 unspecified atom stereocenters. The number of para-hydroxylation sites is 1. The molecule has 8 nitrogen and oxygen atoms in total. The maximum absolute atomic E-state index is 12.9. The fourth-order valence-corrected chi connectivity index (χ4v) is 3.78. The molecule has 1 aromatic rings. The van der Waals surface area contributed by atoms with Crippen molar-refractivity contribution in [1.82, 2.24) is 4.90 Å². The van der Waals surface area contributed by atoms with Crippen molar-refractivity contribution < 1.29 is 28.6 Å². The zero-order chi connectivity index (χ0) is 23.0. The van der Waals surface area contributed by atoms with Crippen molar-refractivity contribution in [2.45, 2.75) is 77.2 Å². The number of hydrogen-bond acceptors (Lipinski definition) is 7. The van der Waals surface area contributed by atoms with Crippen LogP contribution in [0.1, 0.15) is 59.9 Å². The monoisotopic (exact) mass is 432 g/mol. The van der Waals surface area contributed by atoms with Gasteiger partial charge in [0.2, 0.25) is 0 Å². The fraction of sp³-hybridized carbons (Fsp3) is 0.609. The Kier molecular flexibility index (Phi) is 5.95. The van der Waals surface area contributed by atoms with Crippen LogP contribution in [-0.2, 0) is 19.1 Å². The lowest BCUT2D eigenvalue weighted by Gasteiger charge is -2.29. The number of likely N-dealkylation sites (tertiary alicyclic amines) is 1. The molecule has 1 fully saturated rings. The third kappa shape index (κ3) is 5.29. The Labute approximate surface area is 183 Å². The Bertz CT molecular complexity index is 845. The molecule has 1 aromatic carbocycles. The van der Waals surface area contributed by atoms with E-state index >= 15 is 0 Å². The number of rotatable bonds is 3. The molecule has 0 bridgehead atoms. The molecule has 0 aliphatic carbocycles. The standard InChI is InChI=1S/C23H32N2O6/c1-21(2,3)29-19(26)17-13-23(14-25(17)20(27)30-22(4,5)6)12-16(24-31-23)15-10-8-9-11-18(15)28-7/h8-11,17H,12-14H2,1-7H3/t17-,23+/m0/s1. The van der Waals surface area contributed by atoms with Gasteiger partial charge in [0.15, 0.2) is 5.60 Å². The molecule has 1 spiro atoms. The van der Waals surface area contributed by atoms with E-state index in [2.05, 4.69) is 5.16 Å². The smallest absolute Gasteiger partial charge is 0.411 e. The molecule has 3 rings (SSSR count). The van der Waals surface area contributed by atoms with Gasteiger partial charge >= 0.3 is 12.1 Å². The van der Waals surface area contributed by atoms with Crippen LogP contribution in [0.15, 0.2) is 29.4 Å². The van der Waals surface area contributed by atoms with E-state index in [-0.39, 0.29) is 13.0 Å². The molecule has 2 atom stereocenters. The summed E-state index contributed by atoms with van der Waals surface area (Å²) in [6, 6.07) is 6.73. The number of carbonyl (C=O) groups excluding carboxylic acids is 2. The number of esters is 1. The summed E-state index contributed by atoms with van der Waals surface area (Å²) in [7, 11) is 1.60. The Morgan fingerprint density at radius 1 is 1.10 bits per heavy atom. The maximum atomic E-state index is 12.9. The fourth-order valence-electron chi connectivity index (χ4n) is 3.78. The summed E-state index contributed by atoms with van der Waals surface area (Å²) in [5, 5.41) is 4.29. The van der Waals surface area contributed by atoms with E-state index in [1.165, 1.54) is 4.90 Å². The molecule has 0 N–H and O–H groups in total. The minimum absolute atomic E-state index is 0.175. The minimum atomic E-state index is -0.825. The molecule has 2 aliphatic rings. The number of methoxy groups -OCH3 is 1. The van der Waals surface area contributed by atoms with Gasteiger partial charge in [-0.1, -0.05) is 17.3 Å². The number of benzene rings is 1. The highest BCUT2D eigenvalue weighted by Gasteiger charge is 2.55. The number of hydrogen-bond donors (Lipinski definition) is 0. The van der Waals surface area contributed by atoms with Crippen LogP contribution in [0.3, 0.4) is 0 Å². The molecule has 1 saturated heterocycles. The summed E-state index contributed by atoms with van der Waals surface area (Å²) in [6.07, 6.45) is 0.129. The largest absolute Gasteiger partial charge is 0.496 e. The SMILES string of the molecule is COc1ccccc1C1=NO[C@]2(C1)C[C@@H](C(=O)OC(C)(C)C)N(C(=O)OC(C)(C)C)C2. The Morgan fingerprint density at radius 3 is 2.35 bits per heavy atom. The van der Waals surface area contributed by atoms with Gasteiger partial charge in [-0.2, -0.15) is 0 Å². The molecule has 8 heteroatoms. The molecule has 2 heterocycles. The van der Waals surface area contributed by atoms with Crippen LogP contribution in [-0.4, -0.2) is 59.2 Å². The summed E-state index contributed by atoms with van der Waals surface area (Å²) in [6.45, 7) is 10.9. The first-order valence-corrected chi connectivity index (χ1v) is 10.4. The van der Waals surface area contributed by atoms with Gasteiger partial charge in [-0.05, 0) is 53.7 Å². The van der Waals surface area contributed by atoms with Crippen LogP contribution in [0.4, 0.5) is 4.79 Å². The first kappa shape index (κ1) is 22.9. The summed E-state index contributed by atoms with van der Waals surface area (Å²) >= 11 is 0. The van der Waals surface area contributed by atoms with E-state index in [1.807, 2.05) is 24.3 Å². The average Bonchev–Trinajstić information content (AvgIpc) is 3.23. The van der Waals surface area contributed by atoms with Gasteiger partial charge in [0.1, 0.15) is 23.0 Å². The van der Waals surface area contributed by atoms with Crippen LogP contribution < -0.4 is 4.74 Å². The lowest BCUT2D eigenvalue weighted by molar-refractivity contribution is -0.160. The second-order valence-corrected chi connectivity index (χ2v) is 10.1. The highest BCUT2D eigenvalue weighted by molar-refractivity contribution is 6.04. The average molecular weight is 433 g/mol. The van der Waals surface area contributed by atoms with Crippen LogP contribution in [0.25, 0.3) is 0 Å². The summed E-state index contributed by atoms with van der Waals surface area (Å²) in [5.41, 5.74) is -0.657. The number of amides is 1. The molecule has 170 valence electrons. The van der Waals surface area contributed by atoms with Gasteiger partial charge < -0.3 is 19.0 Å². The maximum Gasteiger partial charge on any atom is 0.411 e. The summed E-state index contributed by atoms with van der Waals surface area (Å²) in [4.78, 5) is 33.1. The van der Waals surface area contributed by atoms with Crippen molar-refractivity contribution in [3.05, 3.63) is 29.8 Å². The third-order valence-electron chi connectivity index (χ3n) is 4.96. The molecular weight excluding hydrogens is 400 g/mol. The first-order chi connectivity index (χ1) is 14.3. The second kappa shape index (κ2) is 8.05. The summed E-state index contributed by atoms with van der Waals surface area (Å²) < 4.78 is 16.6. The molecule has 0 aromatic heterocycles. The van der Waals surface area contributed by atoms with Gasteiger partial charge in [0.05, 0.1) is 19.4 Å². The first-order valence-electron chi connectivity index (χ1n) is 10.4. The molecule has 1 amide bonds. The van der Waals surface area contributed by atoms with Crippen LogP contribution >= 0.6 is 0 Å².